The van der Waals surface area contributed by atoms with E-state index >= 15 is 0 Å². The number of hydrogen-bond donors (Lipinski definition) is 0. The van der Waals surface area contributed by atoms with Gasteiger partial charge in [0.2, 0.25) is 5.54 Å². The van der Waals surface area contributed by atoms with Crippen LogP contribution in [0.2, 0.25) is 16.6 Å². The van der Waals surface area contributed by atoms with E-state index in [4.69, 9.17) is 9.16 Å². The number of esters is 1. The minimum Gasteiger partial charge on any atom is -0.518 e. The Morgan fingerprint density at radius 1 is 1.00 bits per heavy atom. The first kappa shape index (κ1) is 26.6. The summed E-state index contributed by atoms with van der Waals surface area (Å²) in [7, 11) is -2.50. The van der Waals surface area contributed by atoms with Gasteiger partial charge < -0.3 is 9.16 Å². The molecule has 0 heterocycles. The van der Waals surface area contributed by atoms with Crippen LogP contribution in [0.3, 0.4) is 0 Å². The molecule has 0 spiro atoms. The molecule has 2 atom stereocenters. The molecule has 0 radical (unpaired) electrons. The number of rotatable bonds is 11. The number of nitro groups is 1. The first-order valence-electron chi connectivity index (χ1n) is 10.2. The van der Waals surface area contributed by atoms with Crippen LogP contribution in [-0.2, 0) is 18.8 Å². The normalized spacial score (nSPS) is 15.6. The van der Waals surface area contributed by atoms with E-state index in [1.807, 2.05) is 0 Å². The van der Waals surface area contributed by atoms with Gasteiger partial charge in [-0.3, -0.25) is 19.7 Å². The Bertz CT molecular complexity index is 539. The molecule has 0 aromatic heterocycles. The molecule has 0 aliphatic rings. The van der Waals surface area contributed by atoms with Crippen LogP contribution in [0, 0.1) is 22.0 Å². The molecule has 0 saturated heterocycles. The molecule has 0 aliphatic heterocycles. The zero-order valence-electron chi connectivity index (χ0n) is 19.2. The van der Waals surface area contributed by atoms with Crippen molar-refractivity contribution in [3.05, 3.63) is 10.1 Å². The minimum atomic E-state index is -2.50. The third-order valence-corrected chi connectivity index (χ3v) is 12.2. The van der Waals surface area contributed by atoms with Gasteiger partial charge in [-0.05, 0) is 23.5 Å². The van der Waals surface area contributed by atoms with Crippen molar-refractivity contribution in [2.24, 2.45) is 11.8 Å². The molecular formula is C20H39NO6Si. The largest absolute Gasteiger partial charge is 0.518 e. The molecule has 7 nitrogen and oxygen atoms in total. The molecule has 0 rings (SSSR count). The summed E-state index contributed by atoms with van der Waals surface area (Å²) < 4.78 is 11.2. The summed E-state index contributed by atoms with van der Waals surface area (Å²) in [6.45, 7) is 18.8. The fourth-order valence-electron chi connectivity index (χ4n) is 4.27. The predicted molar refractivity (Wildman–Crippen MR) is 112 cm³/mol. The SMILES string of the molecule is CCOC(=O)[C@@H](CC(=O)O[Si](C(C)C)(C(C)C)C(C)C)[C@@](C)(C(C)C)[N+](=O)[O-]. The van der Waals surface area contributed by atoms with E-state index in [0.29, 0.717) is 0 Å². The third kappa shape index (κ3) is 5.33. The number of carbonyl (C=O) groups excluding carboxylic acids is 2. The molecule has 0 aromatic carbocycles. The quantitative estimate of drug-likeness (QED) is 0.204. The lowest BCUT2D eigenvalue weighted by Gasteiger charge is -2.41. The summed E-state index contributed by atoms with van der Waals surface area (Å²) >= 11 is 0. The molecule has 8 heteroatoms. The van der Waals surface area contributed by atoms with Crippen molar-refractivity contribution >= 4 is 20.3 Å². The Hall–Kier alpha value is -1.44. The van der Waals surface area contributed by atoms with E-state index in [2.05, 4.69) is 41.5 Å². The lowest BCUT2D eigenvalue weighted by Crippen LogP contribution is -2.53. The number of carbonyl (C=O) groups is 2. The second-order valence-electron chi connectivity index (χ2n) is 8.94. The fourth-order valence-corrected chi connectivity index (χ4v) is 9.46. The summed E-state index contributed by atoms with van der Waals surface area (Å²) in [6.07, 6.45) is -0.352. The van der Waals surface area contributed by atoms with E-state index in [-0.39, 0.29) is 29.7 Å². The Balaban J connectivity index is 5.98. The van der Waals surface area contributed by atoms with Crippen molar-refractivity contribution in [3.63, 3.8) is 0 Å². The van der Waals surface area contributed by atoms with Gasteiger partial charge in [-0.2, -0.15) is 0 Å². The Morgan fingerprint density at radius 2 is 1.43 bits per heavy atom. The molecule has 164 valence electrons. The van der Waals surface area contributed by atoms with Gasteiger partial charge in [0.1, 0.15) is 5.92 Å². The van der Waals surface area contributed by atoms with E-state index in [9.17, 15) is 19.7 Å². The fraction of sp³-hybridized carbons (Fsp3) is 0.900. The molecule has 28 heavy (non-hydrogen) atoms. The summed E-state index contributed by atoms with van der Waals surface area (Å²) in [6, 6.07) is 0. The Labute approximate surface area is 170 Å². The van der Waals surface area contributed by atoms with Gasteiger partial charge in [-0.1, -0.05) is 55.4 Å². The Kier molecular flexibility index (Phi) is 9.83. The van der Waals surface area contributed by atoms with Gasteiger partial charge in [0, 0.05) is 17.8 Å². The summed E-state index contributed by atoms with van der Waals surface area (Å²) in [5, 5.41) is 11.9. The summed E-state index contributed by atoms with van der Waals surface area (Å²) in [5.41, 5.74) is -1.07. The smallest absolute Gasteiger partial charge is 0.316 e. The van der Waals surface area contributed by atoms with Gasteiger partial charge in [0.25, 0.3) is 14.3 Å². The van der Waals surface area contributed by atoms with Crippen LogP contribution in [0.5, 0.6) is 0 Å². The summed E-state index contributed by atoms with van der Waals surface area (Å²) in [5.74, 6) is -2.94. The highest BCUT2D eigenvalue weighted by Gasteiger charge is 2.55. The second-order valence-corrected chi connectivity index (χ2v) is 14.3. The van der Waals surface area contributed by atoms with Crippen LogP contribution >= 0.6 is 0 Å². The minimum absolute atomic E-state index is 0.0962. The van der Waals surface area contributed by atoms with Crippen molar-refractivity contribution in [3.8, 4) is 0 Å². The molecule has 0 aliphatic carbocycles. The molecule has 0 unspecified atom stereocenters. The highest BCUT2D eigenvalue weighted by molar-refractivity contribution is 6.78. The highest BCUT2D eigenvalue weighted by Crippen LogP contribution is 2.43. The topological polar surface area (TPSA) is 95.7 Å². The standard InChI is InChI=1S/C20H39NO6Si/c1-11-26-19(23)17(20(10,13(2)3)21(24)25)12-18(22)27-28(14(4)5,15(6)7)16(8)9/h13-17H,11-12H2,1-10H3/t17-,20-/m1/s1. The maximum atomic E-state index is 13.0. The van der Waals surface area contributed by atoms with E-state index in [1.54, 1.807) is 20.8 Å². The summed E-state index contributed by atoms with van der Waals surface area (Å²) in [4.78, 5) is 36.9. The lowest BCUT2D eigenvalue weighted by molar-refractivity contribution is -0.583. The highest BCUT2D eigenvalue weighted by atomic mass is 28.4. The lowest BCUT2D eigenvalue weighted by atomic mass is 9.75. The predicted octanol–water partition coefficient (Wildman–Crippen LogP) is 4.97. The van der Waals surface area contributed by atoms with Gasteiger partial charge in [0.15, 0.2) is 0 Å². The Morgan fingerprint density at radius 3 is 1.71 bits per heavy atom. The van der Waals surface area contributed by atoms with Crippen molar-refractivity contribution in [1.82, 2.24) is 0 Å². The van der Waals surface area contributed by atoms with Crippen LogP contribution < -0.4 is 0 Å². The molecule has 0 aromatic rings. The number of ether oxygens (including phenoxy) is 1. The van der Waals surface area contributed by atoms with Crippen LogP contribution in [0.1, 0.15) is 75.7 Å². The first-order valence-corrected chi connectivity index (χ1v) is 12.4. The van der Waals surface area contributed by atoms with E-state index in [1.165, 1.54) is 6.92 Å². The number of nitrogens with zero attached hydrogens (tertiary/aromatic N) is 1. The van der Waals surface area contributed by atoms with E-state index in [0.717, 1.165) is 0 Å². The number of hydrogen-bond acceptors (Lipinski definition) is 6. The van der Waals surface area contributed by atoms with Crippen LogP contribution in [0.15, 0.2) is 0 Å². The average Bonchev–Trinajstić information content (AvgIpc) is 2.55. The zero-order chi connectivity index (χ0) is 22.4. The third-order valence-electron chi connectivity index (χ3n) is 6.21. The van der Waals surface area contributed by atoms with Crippen molar-refractivity contribution in [2.45, 2.75) is 97.8 Å². The maximum Gasteiger partial charge on any atom is 0.316 e. The molecular weight excluding hydrogens is 378 g/mol. The molecule has 0 fully saturated rings. The van der Waals surface area contributed by atoms with Crippen LogP contribution in [0.4, 0.5) is 0 Å². The average molecular weight is 418 g/mol. The van der Waals surface area contributed by atoms with Gasteiger partial charge >= 0.3 is 5.97 Å². The monoisotopic (exact) mass is 417 g/mol. The molecule has 0 amide bonds. The van der Waals surface area contributed by atoms with Crippen molar-refractivity contribution in [1.29, 1.82) is 0 Å². The van der Waals surface area contributed by atoms with E-state index < -0.39 is 42.6 Å². The zero-order valence-corrected chi connectivity index (χ0v) is 20.2. The van der Waals surface area contributed by atoms with Crippen molar-refractivity contribution in [2.75, 3.05) is 6.61 Å². The van der Waals surface area contributed by atoms with Crippen molar-refractivity contribution < 1.29 is 23.7 Å². The molecule has 0 saturated carbocycles. The van der Waals surface area contributed by atoms with Gasteiger partial charge in [0.05, 0.1) is 13.0 Å². The first-order chi connectivity index (χ1) is 12.7. The van der Waals surface area contributed by atoms with Gasteiger partial charge in [-0.25, -0.2) is 0 Å². The molecule has 0 N–H and O–H groups in total. The second kappa shape index (κ2) is 10.4. The van der Waals surface area contributed by atoms with Crippen LogP contribution in [0.25, 0.3) is 0 Å². The maximum absolute atomic E-state index is 13.0. The molecule has 0 bridgehead atoms. The van der Waals surface area contributed by atoms with Gasteiger partial charge in [-0.15, -0.1) is 0 Å². The van der Waals surface area contributed by atoms with Crippen LogP contribution in [-0.4, -0.2) is 37.3 Å².